The molecule has 0 radical (unpaired) electrons. The zero-order valence-corrected chi connectivity index (χ0v) is 18.2. The van der Waals surface area contributed by atoms with E-state index in [0.717, 1.165) is 37.7 Å². The Kier molecular flexibility index (Phi) is 9.01. The van der Waals surface area contributed by atoms with Crippen molar-refractivity contribution in [1.82, 2.24) is 10.6 Å². The Balaban J connectivity index is 1.91. The molecule has 1 aromatic carbocycles. The lowest BCUT2D eigenvalue weighted by molar-refractivity contribution is -0.139. The van der Waals surface area contributed by atoms with Gasteiger partial charge in [-0.2, -0.15) is 12.6 Å². The van der Waals surface area contributed by atoms with Gasteiger partial charge in [0.25, 0.3) is 5.91 Å². The number of thiol groups is 1. The van der Waals surface area contributed by atoms with Crippen LogP contribution in [0.1, 0.15) is 64.0 Å². The molecule has 0 saturated heterocycles. The van der Waals surface area contributed by atoms with Crippen LogP contribution in [0.4, 0.5) is 4.79 Å². The molecule has 0 bridgehead atoms. The number of alkyl carbamates (subject to hydrolysis) is 1. The van der Waals surface area contributed by atoms with Gasteiger partial charge in [0.2, 0.25) is 5.78 Å². The summed E-state index contributed by atoms with van der Waals surface area (Å²) in [7, 11) is 0. The van der Waals surface area contributed by atoms with Gasteiger partial charge in [0.15, 0.2) is 0 Å². The van der Waals surface area contributed by atoms with Gasteiger partial charge in [-0.25, -0.2) is 4.79 Å². The highest BCUT2D eigenvalue weighted by atomic mass is 32.1. The molecule has 160 valence electrons. The van der Waals surface area contributed by atoms with E-state index in [0.29, 0.717) is 12.2 Å². The lowest BCUT2D eigenvalue weighted by Crippen LogP contribution is -2.49. The largest absolute Gasteiger partial charge is 0.449 e. The van der Waals surface area contributed by atoms with Crippen LogP contribution in [0.15, 0.2) is 30.3 Å². The van der Waals surface area contributed by atoms with Crippen LogP contribution in [0, 0.1) is 5.41 Å². The molecule has 0 spiro atoms. The number of benzene rings is 1. The van der Waals surface area contributed by atoms with Crippen molar-refractivity contribution in [2.24, 2.45) is 5.41 Å². The van der Waals surface area contributed by atoms with Gasteiger partial charge in [-0.05, 0) is 37.5 Å². The molecule has 1 aliphatic rings. The number of unbranched alkanes of at least 4 members (excludes halogenated alkanes) is 1. The molecule has 0 heterocycles. The first-order valence-corrected chi connectivity index (χ1v) is 11.0. The lowest BCUT2D eigenvalue weighted by Gasteiger charge is -2.39. The van der Waals surface area contributed by atoms with Crippen molar-refractivity contribution in [3.8, 4) is 0 Å². The topological polar surface area (TPSA) is 84.5 Å². The number of amides is 2. The average Bonchev–Trinajstić information content (AvgIpc) is 2.70. The van der Waals surface area contributed by atoms with Gasteiger partial charge >= 0.3 is 6.09 Å². The molecule has 1 aromatic rings. The van der Waals surface area contributed by atoms with Crippen LogP contribution in [0.2, 0.25) is 0 Å². The maximum Gasteiger partial charge on any atom is 0.407 e. The van der Waals surface area contributed by atoms with Gasteiger partial charge in [-0.15, -0.1) is 0 Å². The summed E-state index contributed by atoms with van der Waals surface area (Å²) in [5, 5.41) is 5.31. The fraction of sp³-hybridized carbons (Fsp3) is 0.591. The number of ketones is 1. The molecule has 1 saturated carbocycles. The van der Waals surface area contributed by atoms with Crippen LogP contribution in [-0.2, 0) is 14.3 Å². The van der Waals surface area contributed by atoms with E-state index in [1.165, 1.54) is 0 Å². The highest BCUT2D eigenvalue weighted by Crippen LogP contribution is 2.41. The molecular formula is C22H32N2O4S. The standard InChI is InChI=1S/C22H32N2O4S/c1-3-4-11-18(24-21(27)28-14-22(15-29)12-8-13-22)19(25)20(26)23-16(2)17-9-6-5-7-10-17/h5-7,9-10,16,18,29H,3-4,8,11-15H2,1-2H3,(H,23,26)(H,24,27)/t16-,18+/m1/s1. The number of ether oxygens (including phenoxy) is 1. The Bertz CT molecular complexity index is 686. The monoisotopic (exact) mass is 420 g/mol. The van der Waals surface area contributed by atoms with E-state index >= 15 is 0 Å². The summed E-state index contributed by atoms with van der Waals surface area (Å²) in [4.78, 5) is 37.4. The van der Waals surface area contributed by atoms with Gasteiger partial charge in [0.1, 0.15) is 6.04 Å². The predicted molar refractivity (Wildman–Crippen MR) is 116 cm³/mol. The summed E-state index contributed by atoms with van der Waals surface area (Å²) < 4.78 is 5.35. The van der Waals surface area contributed by atoms with Gasteiger partial charge in [0, 0.05) is 5.41 Å². The molecule has 0 aliphatic heterocycles. The van der Waals surface area contributed by atoms with Gasteiger partial charge < -0.3 is 15.4 Å². The second-order valence-electron chi connectivity index (χ2n) is 7.90. The predicted octanol–water partition coefficient (Wildman–Crippen LogP) is 3.82. The third-order valence-corrected chi connectivity index (χ3v) is 6.26. The summed E-state index contributed by atoms with van der Waals surface area (Å²) in [5.74, 6) is -0.683. The Morgan fingerprint density at radius 1 is 1.17 bits per heavy atom. The van der Waals surface area contributed by atoms with Crippen molar-refractivity contribution >= 4 is 30.4 Å². The van der Waals surface area contributed by atoms with Crippen molar-refractivity contribution in [3.05, 3.63) is 35.9 Å². The molecule has 2 amide bonds. The van der Waals surface area contributed by atoms with Gasteiger partial charge in [-0.1, -0.05) is 56.5 Å². The molecule has 7 heteroatoms. The molecule has 2 atom stereocenters. The summed E-state index contributed by atoms with van der Waals surface area (Å²) in [6, 6.07) is 8.22. The highest BCUT2D eigenvalue weighted by molar-refractivity contribution is 7.80. The van der Waals surface area contributed by atoms with E-state index in [2.05, 4.69) is 23.3 Å². The van der Waals surface area contributed by atoms with Crippen molar-refractivity contribution in [1.29, 1.82) is 0 Å². The number of carbonyl (C=O) groups excluding carboxylic acids is 3. The Hall–Kier alpha value is -2.02. The highest BCUT2D eigenvalue weighted by Gasteiger charge is 2.37. The number of Topliss-reactive ketones (excluding diaryl/α,β-unsaturated/α-hetero) is 1. The molecule has 2 rings (SSSR count). The van der Waals surface area contributed by atoms with Crippen LogP contribution in [0.25, 0.3) is 0 Å². The van der Waals surface area contributed by atoms with Crippen LogP contribution < -0.4 is 10.6 Å². The maximum atomic E-state index is 12.7. The second kappa shape index (κ2) is 11.2. The number of nitrogens with one attached hydrogen (secondary N) is 2. The van der Waals surface area contributed by atoms with Crippen LogP contribution in [0.5, 0.6) is 0 Å². The third kappa shape index (κ3) is 6.77. The van der Waals surface area contributed by atoms with Crippen LogP contribution in [-0.4, -0.2) is 36.2 Å². The second-order valence-corrected chi connectivity index (χ2v) is 8.21. The minimum atomic E-state index is -0.890. The van der Waals surface area contributed by atoms with E-state index in [9.17, 15) is 14.4 Å². The van der Waals surface area contributed by atoms with Crippen molar-refractivity contribution in [2.75, 3.05) is 12.4 Å². The van der Waals surface area contributed by atoms with Crippen molar-refractivity contribution in [2.45, 2.75) is 64.5 Å². The van der Waals surface area contributed by atoms with Crippen LogP contribution in [0.3, 0.4) is 0 Å². The molecule has 1 fully saturated rings. The van der Waals surface area contributed by atoms with E-state index < -0.39 is 23.8 Å². The van der Waals surface area contributed by atoms with E-state index in [-0.39, 0.29) is 18.1 Å². The Morgan fingerprint density at radius 3 is 2.41 bits per heavy atom. The smallest absolute Gasteiger partial charge is 0.407 e. The van der Waals surface area contributed by atoms with Gasteiger partial charge in [-0.3, -0.25) is 9.59 Å². The van der Waals surface area contributed by atoms with Crippen LogP contribution >= 0.6 is 12.6 Å². The fourth-order valence-electron chi connectivity index (χ4n) is 3.36. The van der Waals surface area contributed by atoms with Crippen molar-refractivity contribution < 1.29 is 19.1 Å². The summed E-state index contributed by atoms with van der Waals surface area (Å²) >= 11 is 4.35. The summed E-state index contributed by atoms with van der Waals surface area (Å²) in [5.41, 5.74) is 0.856. The van der Waals surface area contributed by atoms with Crippen molar-refractivity contribution in [3.63, 3.8) is 0 Å². The molecule has 1 aliphatic carbocycles. The zero-order chi connectivity index (χ0) is 21.3. The first-order valence-electron chi connectivity index (χ1n) is 10.3. The molecule has 29 heavy (non-hydrogen) atoms. The number of carbonyl (C=O) groups is 3. The normalized spacial score (nSPS) is 16.8. The molecule has 0 unspecified atom stereocenters. The van der Waals surface area contributed by atoms with E-state index in [4.69, 9.17) is 4.74 Å². The Labute approximate surface area is 178 Å². The van der Waals surface area contributed by atoms with E-state index in [1.807, 2.05) is 44.2 Å². The molecule has 0 aromatic heterocycles. The number of hydrogen-bond acceptors (Lipinski definition) is 5. The first kappa shape index (κ1) is 23.3. The number of rotatable bonds is 11. The zero-order valence-electron chi connectivity index (χ0n) is 17.3. The average molecular weight is 421 g/mol. The van der Waals surface area contributed by atoms with Gasteiger partial charge in [0.05, 0.1) is 12.6 Å². The summed E-state index contributed by atoms with van der Waals surface area (Å²) in [6.45, 7) is 4.09. The maximum absolute atomic E-state index is 12.7. The Morgan fingerprint density at radius 2 is 1.86 bits per heavy atom. The van der Waals surface area contributed by atoms with E-state index in [1.54, 1.807) is 0 Å². The quantitative estimate of drug-likeness (QED) is 0.375. The fourth-order valence-corrected chi connectivity index (χ4v) is 3.76. The number of hydrogen-bond donors (Lipinski definition) is 3. The third-order valence-electron chi connectivity index (χ3n) is 5.58. The minimum Gasteiger partial charge on any atom is -0.449 e. The molecule has 6 nitrogen and oxygen atoms in total. The molecular weight excluding hydrogens is 388 g/mol. The minimum absolute atomic E-state index is 0.0497. The first-order chi connectivity index (χ1) is 13.9. The lowest BCUT2D eigenvalue weighted by atomic mass is 9.71. The molecule has 2 N–H and O–H groups in total. The SMILES string of the molecule is CCCC[C@H](NC(=O)OCC1(CS)CCC1)C(=O)C(=O)N[C@H](C)c1ccccc1. The summed E-state index contributed by atoms with van der Waals surface area (Å²) in [6.07, 6.45) is 4.41.